The van der Waals surface area contributed by atoms with Crippen LogP contribution in [0.1, 0.15) is 6.42 Å². The SMILES string of the molecule is OCCCSc1cccc(Cl)c1. The smallest absolute Gasteiger partial charge is 0.0439 e. The maximum absolute atomic E-state index is 8.56. The molecule has 0 unspecified atom stereocenters. The molecule has 0 aliphatic rings. The first-order valence-electron chi connectivity index (χ1n) is 3.82. The number of thioether (sulfide) groups is 1. The van der Waals surface area contributed by atoms with Crippen molar-refractivity contribution in [2.75, 3.05) is 12.4 Å². The van der Waals surface area contributed by atoms with E-state index < -0.39 is 0 Å². The van der Waals surface area contributed by atoms with E-state index in [4.69, 9.17) is 16.7 Å². The number of aliphatic hydroxyl groups excluding tert-OH is 1. The number of hydrogen-bond donors (Lipinski definition) is 1. The molecule has 1 rings (SSSR count). The fourth-order valence-electron chi connectivity index (χ4n) is 0.811. The molecule has 0 aliphatic carbocycles. The van der Waals surface area contributed by atoms with Gasteiger partial charge in [0.15, 0.2) is 0 Å². The molecule has 1 aromatic rings. The molecule has 0 spiro atoms. The normalized spacial score (nSPS) is 10.2. The summed E-state index contributed by atoms with van der Waals surface area (Å²) in [6.07, 6.45) is 0.831. The number of rotatable bonds is 4. The second-order valence-corrected chi connectivity index (χ2v) is 3.99. The van der Waals surface area contributed by atoms with E-state index >= 15 is 0 Å². The summed E-state index contributed by atoms with van der Waals surface area (Å²) in [5.74, 6) is 0.941. The van der Waals surface area contributed by atoms with Crippen LogP contribution < -0.4 is 0 Å². The lowest BCUT2D eigenvalue weighted by atomic mass is 10.4. The zero-order chi connectivity index (χ0) is 8.81. The highest BCUT2D eigenvalue weighted by Gasteiger charge is 1.93. The highest BCUT2D eigenvalue weighted by Crippen LogP contribution is 2.21. The predicted octanol–water partition coefficient (Wildman–Crippen LogP) is 2.81. The summed E-state index contributed by atoms with van der Waals surface area (Å²) in [7, 11) is 0. The van der Waals surface area contributed by atoms with Crippen molar-refractivity contribution < 1.29 is 5.11 Å². The minimum Gasteiger partial charge on any atom is -0.396 e. The van der Waals surface area contributed by atoms with Crippen molar-refractivity contribution >= 4 is 23.4 Å². The van der Waals surface area contributed by atoms with Gasteiger partial charge in [-0.3, -0.25) is 0 Å². The number of aliphatic hydroxyl groups is 1. The lowest BCUT2D eigenvalue weighted by molar-refractivity contribution is 0.296. The van der Waals surface area contributed by atoms with Gasteiger partial charge in [0, 0.05) is 22.3 Å². The number of hydrogen-bond acceptors (Lipinski definition) is 2. The summed E-state index contributed by atoms with van der Waals surface area (Å²) in [4.78, 5) is 1.16. The Balaban J connectivity index is 2.41. The summed E-state index contributed by atoms with van der Waals surface area (Å²) in [6, 6.07) is 7.75. The van der Waals surface area contributed by atoms with Crippen LogP contribution in [0.15, 0.2) is 29.2 Å². The third kappa shape index (κ3) is 3.48. The Morgan fingerprint density at radius 3 is 2.92 bits per heavy atom. The van der Waals surface area contributed by atoms with Gasteiger partial charge in [0.1, 0.15) is 0 Å². The van der Waals surface area contributed by atoms with E-state index in [1.54, 1.807) is 11.8 Å². The lowest BCUT2D eigenvalue weighted by Crippen LogP contribution is -1.84. The third-order valence-corrected chi connectivity index (χ3v) is 2.68. The van der Waals surface area contributed by atoms with Gasteiger partial charge in [0.05, 0.1) is 0 Å². The predicted molar refractivity (Wildman–Crippen MR) is 53.9 cm³/mol. The summed E-state index contributed by atoms with van der Waals surface area (Å²) in [5.41, 5.74) is 0. The fourth-order valence-corrected chi connectivity index (χ4v) is 1.96. The van der Waals surface area contributed by atoms with Crippen LogP contribution in [0.3, 0.4) is 0 Å². The van der Waals surface area contributed by atoms with Crippen LogP contribution >= 0.6 is 23.4 Å². The monoisotopic (exact) mass is 202 g/mol. The number of halogens is 1. The highest BCUT2D eigenvalue weighted by atomic mass is 35.5. The molecule has 0 amide bonds. The van der Waals surface area contributed by atoms with Crippen LogP contribution in [0.5, 0.6) is 0 Å². The summed E-state index contributed by atoms with van der Waals surface area (Å²) in [6.45, 7) is 0.258. The van der Waals surface area contributed by atoms with E-state index in [9.17, 15) is 0 Å². The summed E-state index contributed by atoms with van der Waals surface area (Å²) >= 11 is 7.51. The molecule has 66 valence electrons. The van der Waals surface area contributed by atoms with Crippen LogP contribution in [0.25, 0.3) is 0 Å². The molecular weight excluding hydrogens is 192 g/mol. The van der Waals surface area contributed by atoms with Crippen molar-refractivity contribution in [2.24, 2.45) is 0 Å². The molecular formula is C9H11ClOS. The van der Waals surface area contributed by atoms with E-state index in [-0.39, 0.29) is 6.61 Å². The molecule has 0 radical (unpaired) electrons. The second-order valence-electron chi connectivity index (χ2n) is 2.38. The Morgan fingerprint density at radius 1 is 1.42 bits per heavy atom. The molecule has 0 saturated heterocycles. The van der Waals surface area contributed by atoms with E-state index in [1.807, 2.05) is 24.3 Å². The van der Waals surface area contributed by atoms with Gasteiger partial charge in [-0.25, -0.2) is 0 Å². The van der Waals surface area contributed by atoms with Gasteiger partial charge in [0.2, 0.25) is 0 Å². The first-order valence-corrected chi connectivity index (χ1v) is 5.18. The number of benzene rings is 1. The van der Waals surface area contributed by atoms with Crippen LogP contribution in [0.4, 0.5) is 0 Å². The summed E-state index contributed by atoms with van der Waals surface area (Å²) in [5, 5.41) is 9.33. The molecule has 0 aromatic heterocycles. The molecule has 0 aliphatic heterocycles. The molecule has 0 heterocycles. The third-order valence-electron chi connectivity index (χ3n) is 1.37. The molecule has 1 nitrogen and oxygen atoms in total. The molecule has 0 atom stereocenters. The van der Waals surface area contributed by atoms with Gasteiger partial charge >= 0.3 is 0 Å². The quantitative estimate of drug-likeness (QED) is 0.599. The average Bonchev–Trinajstić information content (AvgIpc) is 2.05. The Labute approximate surface area is 81.7 Å². The van der Waals surface area contributed by atoms with Crippen LogP contribution in [-0.2, 0) is 0 Å². The minimum absolute atomic E-state index is 0.258. The van der Waals surface area contributed by atoms with Gasteiger partial charge in [-0.05, 0) is 24.6 Å². The molecule has 12 heavy (non-hydrogen) atoms. The molecule has 0 fully saturated rings. The van der Waals surface area contributed by atoms with E-state index in [1.165, 1.54) is 0 Å². The van der Waals surface area contributed by atoms with Crippen molar-refractivity contribution in [3.63, 3.8) is 0 Å². The molecule has 0 saturated carbocycles. The highest BCUT2D eigenvalue weighted by molar-refractivity contribution is 7.99. The zero-order valence-corrected chi connectivity index (χ0v) is 8.24. The Bertz CT molecular complexity index is 240. The maximum Gasteiger partial charge on any atom is 0.0439 e. The van der Waals surface area contributed by atoms with Gasteiger partial charge in [-0.15, -0.1) is 11.8 Å². The first-order chi connectivity index (χ1) is 5.83. The largest absolute Gasteiger partial charge is 0.396 e. The van der Waals surface area contributed by atoms with E-state index in [0.29, 0.717) is 0 Å². The zero-order valence-electron chi connectivity index (χ0n) is 6.66. The second kappa shape index (κ2) is 5.46. The molecule has 3 heteroatoms. The Kier molecular flexibility index (Phi) is 4.51. The first kappa shape index (κ1) is 9.90. The van der Waals surface area contributed by atoms with Crippen LogP contribution in [-0.4, -0.2) is 17.5 Å². The fraction of sp³-hybridized carbons (Fsp3) is 0.333. The van der Waals surface area contributed by atoms with Crippen molar-refractivity contribution in [1.82, 2.24) is 0 Å². The van der Waals surface area contributed by atoms with E-state index in [2.05, 4.69) is 0 Å². The van der Waals surface area contributed by atoms with Crippen LogP contribution in [0, 0.1) is 0 Å². The Morgan fingerprint density at radius 2 is 2.25 bits per heavy atom. The van der Waals surface area contributed by atoms with Gasteiger partial charge in [-0.2, -0.15) is 0 Å². The van der Waals surface area contributed by atoms with Crippen molar-refractivity contribution in [2.45, 2.75) is 11.3 Å². The summed E-state index contributed by atoms with van der Waals surface area (Å²) < 4.78 is 0. The standard InChI is InChI=1S/C9H11ClOS/c10-8-3-1-4-9(7-8)12-6-2-5-11/h1,3-4,7,11H,2,5-6H2. The van der Waals surface area contributed by atoms with E-state index in [0.717, 1.165) is 22.1 Å². The minimum atomic E-state index is 0.258. The van der Waals surface area contributed by atoms with Crippen molar-refractivity contribution in [3.05, 3.63) is 29.3 Å². The average molecular weight is 203 g/mol. The van der Waals surface area contributed by atoms with Gasteiger partial charge in [0.25, 0.3) is 0 Å². The molecule has 1 N–H and O–H groups in total. The van der Waals surface area contributed by atoms with Crippen LogP contribution in [0.2, 0.25) is 5.02 Å². The van der Waals surface area contributed by atoms with Crippen molar-refractivity contribution in [1.29, 1.82) is 0 Å². The molecule has 1 aromatic carbocycles. The van der Waals surface area contributed by atoms with Gasteiger partial charge in [-0.1, -0.05) is 17.7 Å². The Hall–Kier alpha value is -0.180. The maximum atomic E-state index is 8.56. The lowest BCUT2D eigenvalue weighted by Gasteiger charge is -1.99. The molecule has 0 bridgehead atoms. The van der Waals surface area contributed by atoms with Crippen molar-refractivity contribution in [3.8, 4) is 0 Å². The topological polar surface area (TPSA) is 20.2 Å². The van der Waals surface area contributed by atoms with Gasteiger partial charge < -0.3 is 5.11 Å².